The van der Waals surface area contributed by atoms with E-state index < -0.39 is 0 Å². The molecule has 0 atom stereocenters. The van der Waals surface area contributed by atoms with Crippen molar-refractivity contribution >= 4 is 17.3 Å². The number of ketones is 3. The monoisotopic (exact) mass is 393 g/mol. The van der Waals surface area contributed by atoms with Crippen LogP contribution < -0.4 is 0 Å². The summed E-state index contributed by atoms with van der Waals surface area (Å²) in [4.78, 5) is 42.6. The molecule has 0 amide bonds. The molecule has 4 aromatic rings. The normalized spacial score (nSPS) is 10.6. The van der Waals surface area contributed by atoms with E-state index in [0.717, 1.165) is 5.56 Å². The van der Waals surface area contributed by atoms with Crippen LogP contribution in [0.2, 0.25) is 0 Å². The smallest absolute Gasteiger partial charge is 0.209 e. The van der Waals surface area contributed by atoms with E-state index in [9.17, 15) is 14.4 Å². The summed E-state index contributed by atoms with van der Waals surface area (Å²) in [6, 6.07) is 24.5. The standard InChI is InChI=1S/C26H19NO3/c1-17-12-14-20(15-13-17)24(28)21-16-27-23(26(30)19-10-6-3-7-11-19)22(21)25(29)18-8-4-2-5-9-18/h2-16,27H,1H3. The lowest BCUT2D eigenvalue weighted by molar-refractivity contribution is 0.0992. The number of hydrogen-bond acceptors (Lipinski definition) is 3. The fourth-order valence-electron chi connectivity index (χ4n) is 3.35. The number of hydrogen-bond donors (Lipinski definition) is 1. The molecule has 0 aliphatic rings. The van der Waals surface area contributed by atoms with Crippen molar-refractivity contribution < 1.29 is 14.4 Å². The molecule has 0 saturated carbocycles. The van der Waals surface area contributed by atoms with Crippen molar-refractivity contribution in [1.82, 2.24) is 4.98 Å². The van der Waals surface area contributed by atoms with E-state index in [4.69, 9.17) is 0 Å². The van der Waals surface area contributed by atoms with Crippen LogP contribution in [0.5, 0.6) is 0 Å². The van der Waals surface area contributed by atoms with Gasteiger partial charge in [-0.25, -0.2) is 0 Å². The van der Waals surface area contributed by atoms with Gasteiger partial charge in [0, 0.05) is 22.9 Å². The quantitative estimate of drug-likeness (QED) is 0.468. The number of nitrogens with one attached hydrogen (secondary N) is 1. The van der Waals surface area contributed by atoms with Gasteiger partial charge in [0.25, 0.3) is 0 Å². The minimum Gasteiger partial charge on any atom is -0.357 e. The molecular weight excluding hydrogens is 374 g/mol. The number of aromatic nitrogens is 1. The predicted molar refractivity (Wildman–Crippen MR) is 115 cm³/mol. The van der Waals surface area contributed by atoms with Gasteiger partial charge >= 0.3 is 0 Å². The molecule has 0 unspecified atom stereocenters. The number of rotatable bonds is 6. The zero-order valence-electron chi connectivity index (χ0n) is 16.4. The van der Waals surface area contributed by atoms with Gasteiger partial charge in [0.1, 0.15) is 0 Å². The third kappa shape index (κ3) is 3.63. The van der Waals surface area contributed by atoms with Crippen LogP contribution >= 0.6 is 0 Å². The first kappa shape index (κ1) is 19.3. The van der Waals surface area contributed by atoms with Crippen LogP contribution in [0.15, 0.2) is 91.1 Å². The molecule has 0 radical (unpaired) electrons. The summed E-state index contributed by atoms with van der Waals surface area (Å²) in [6.07, 6.45) is 1.45. The Kier molecular flexibility index (Phi) is 5.22. The second kappa shape index (κ2) is 8.13. The Morgan fingerprint density at radius 1 is 0.600 bits per heavy atom. The molecule has 0 spiro atoms. The molecule has 3 aromatic carbocycles. The van der Waals surface area contributed by atoms with Gasteiger partial charge in [0.05, 0.1) is 16.8 Å². The predicted octanol–water partition coefficient (Wildman–Crippen LogP) is 5.02. The fraction of sp³-hybridized carbons (Fsp3) is 0.0385. The van der Waals surface area contributed by atoms with Gasteiger partial charge in [0.2, 0.25) is 5.78 Å². The zero-order valence-corrected chi connectivity index (χ0v) is 16.4. The van der Waals surface area contributed by atoms with Crippen LogP contribution in [0.1, 0.15) is 53.5 Å². The molecule has 30 heavy (non-hydrogen) atoms. The van der Waals surface area contributed by atoms with Crippen molar-refractivity contribution in [3.63, 3.8) is 0 Å². The first-order valence-electron chi connectivity index (χ1n) is 9.58. The summed E-state index contributed by atoms with van der Waals surface area (Å²) < 4.78 is 0. The van der Waals surface area contributed by atoms with Crippen molar-refractivity contribution in [1.29, 1.82) is 0 Å². The number of carbonyl (C=O) groups is 3. The minimum absolute atomic E-state index is 0.0978. The van der Waals surface area contributed by atoms with Gasteiger partial charge in [-0.3, -0.25) is 14.4 Å². The SMILES string of the molecule is Cc1ccc(C(=O)c2c[nH]c(C(=O)c3ccccc3)c2C(=O)c2ccccc2)cc1. The summed E-state index contributed by atoms with van der Waals surface area (Å²) in [5.41, 5.74) is 2.74. The summed E-state index contributed by atoms with van der Waals surface area (Å²) >= 11 is 0. The van der Waals surface area contributed by atoms with Gasteiger partial charge in [-0.05, 0) is 6.92 Å². The van der Waals surface area contributed by atoms with Crippen LogP contribution in [0.3, 0.4) is 0 Å². The molecule has 0 fully saturated rings. The highest BCUT2D eigenvalue weighted by atomic mass is 16.1. The second-order valence-electron chi connectivity index (χ2n) is 7.04. The number of aromatic amines is 1. The van der Waals surface area contributed by atoms with Gasteiger partial charge < -0.3 is 4.98 Å². The summed E-state index contributed by atoms with van der Waals surface area (Å²) in [7, 11) is 0. The van der Waals surface area contributed by atoms with E-state index in [0.29, 0.717) is 16.7 Å². The number of benzene rings is 3. The molecule has 1 N–H and O–H groups in total. The number of aryl methyl sites for hydroxylation is 1. The van der Waals surface area contributed by atoms with Crippen molar-refractivity contribution in [2.24, 2.45) is 0 Å². The highest BCUT2D eigenvalue weighted by molar-refractivity contribution is 6.25. The molecule has 146 valence electrons. The second-order valence-corrected chi connectivity index (χ2v) is 7.04. The Labute approximate surface area is 174 Å². The summed E-state index contributed by atoms with van der Waals surface area (Å²) in [5, 5.41) is 0. The highest BCUT2D eigenvalue weighted by Crippen LogP contribution is 2.24. The molecule has 4 rings (SSSR count). The van der Waals surface area contributed by atoms with Crippen LogP contribution in [0, 0.1) is 6.92 Å². The minimum atomic E-state index is -0.369. The average Bonchev–Trinajstić information content (AvgIpc) is 3.24. The molecule has 1 aromatic heterocycles. The first-order valence-corrected chi connectivity index (χ1v) is 9.58. The van der Waals surface area contributed by atoms with Gasteiger partial charge in [0.15, 0.2) is 11.6 Å². The Bertz CT molecular complexity index is 1220. The highest BCUT2D eigenvalue weighted by Gasteiger charge is 2.28. The maximum absolute atomic E-state index is 13.4. The Hall–Kier alpha value is -4.05. The lowest BCUT2D eigenvalue weighted by Crippen LogP contribution is -2.14. The van der Waals surface area contributed by atoms with Crippen LogP contribution in [-0.4, -0.2) is 22.3 Å². The van der Waals surface area contributed by atoms with E-state index in [2.05, 4.69) is 4.98 Å². The van der Waals surface area contributed by atoms with E-state index >= 15 is 0 Å². The molecule has 4 nitrogen and oxygen atoms in total. The van der Waals surface area contributed by atoms with E-state index in [-0.39, 0.29) is 34.2 Å². The van der Waals surface area contributed by atoms with Crippen molar-refractivity contribution in [2.45, 2.75) is 6.92 Å². The van der Waals surface area contributed by atoms with E-state index in [1.165, 1.54) is 6.20 Å². The Morgan fingerprint density at radius 3 is 1.67 bits per heavy atom. The zero-order chi connectivity index (χ0) is 21.1. The largest absolute Gasteiger partial charge is 0.357 e. The van der Waals surface area contributed by atoms with Crippen molar-refractivity contribution in [3.05, 3.63) is 130 Å². The fourth-order valence-corrected chi connectivity index (χ4v) is 3.35. The molecule has 0 bridgehead atoms. The van der Waals surface area contributed by atoms with E-state index in [1.807, 2.05) is 31.2 Å². The van der Waals surface area contributed by atoms with Gasteiger partial charge in [-0.2, -0.15) is 0 Å². The van der Waals surface area contributed by atoms with Crippen molar-refractivity contribution in [2.75, 3.05) is 0 Å². The third-order valence-corrected chi connectivity index (χ3v) is 4.96. The summed E-state index contributed by atoms with van der Waals surface area (Å²) in [6.45, 7) is 1.94. The molecule has 0 saturated heterocycles. The molecule has 4 heteroatoms. The maximum Gasteiger partial charge on any atom is 0.209 e. The topological polar surface area (TPSA) is 67.0 Å². The number of H-pyrrole nitrogens is 1. The third-order valence-electron chi connectivity index (χ3n) is 4.96. The Balaban J connectivity index is 1.85. The lowest BCUT2D eigenvalue weighted by Gasteiger charge is -2.07. The van der Waals surface area contributed by atoms with Crippen LogP contribution in [-0.2, 0) is 0 Å². The van der Waals surface area contributed by atoms with Gasteiger partial charge in [-0.15, -0.1) is 0 Å². The van der Waals surface area contributed by atoms with E-state index in [1.54, 1.807) is 60.7 Å². The lowest BCUT2D eigenvalue weighted by atomic mass is 9.93. The van der Waals surface area contributed by atoms with Gasteiger partial charge in [-0.1, -0.05) is 90.5 Å². The summed E-state index contributed by atoms with van der Waals surface area (Å²) in [5.74, 6) is -1.01. The Morgan fingerprint density at radius 2 is 1.10 bits per heavy atom. The van der Waals surface area contributed by atoms with Crippen molar-refractivity contribution in [3.8, 4) is 0 Å². The first-order chi connectivity index (χ1) is 14.6. The molecule has 0 aliphatic carbocycles. The van der Waals surface area contributed by atoms with Crippen LogP contribution in [0.4, 0.5) is 0 Å². The molecule has 0 aliphatic heterocycles. The maximum atomic E-state index is 13.4. The molecule has 1 heterocycles. The van der Waals surface area contributed by atoms with Crippen LogP contribution in [0.25, 0.3) is 0 Å². The molecular formula is C26H19NO3. The average molecular weight is 393 g/mol. The number of carbonyl (C=O) groups excluding carboxylic acids is 3.